The van der Waals surface area contributed by atoms with Crippen molar-refractivity contribution in [3.63, 3.8) is 0 Å². The molecule has 0 unspecified atom stereocenters. The maximum Gasteiger partial charge on any atom is 0.334 e. The van der Waals surface area contributed by atoms with Crippen molar-refractivity contribution in [2.24, 2.45) is 0 Å². The average molecular weight is 262 g/mol. The lowest BCUT2D eigenvalue weighted by Crippen LogP contribution is -2.33. The van der Waals surface area contributed by atoms with Crippen LogP contribution >= 0.6 is 11.3 Å². The van der Waals surface area contributed by atoms with Gasteiger partial charge in [0.1, 0.15) is 10.8 Å². The molecule has 0 aliphatic rings. The molecule has 2 heterocycles. The topological polar surface area (TPSA) is 54.9 Å². The minimum Gasteiger partial charge on any atom is -0.306 e. The van der Waals surface area contributed by atoms with Crippen LogP contribution in [0.25, 0.3) is 15.9 Å². The summed E-state index contributed by atoms with van der Waals surface area (Å²) in [6.45, 7) is 0. The van der Waals surface area contributed by atoms with Gasteiger partial charge in [0.25, 0.3) is 5.56 Å². The number of hydrogen-bond donors (Lipinski definition) is 1. The van der Waals surface area contributed by atoms with Crippen LogP contribution in [0.15, 0.2) is 45.3 Å². The molecule has 0 saturated carbocycles. The van der Waals surface area contributed by atoms with E-state index in [1.165, 1.54) is 23.5 Å². The highest BCUT2D eigenvalue weighted by Gasteiger charge is 2.10. The van der Waals surface area contributed by atoms with Gasteiger partial charge in [-0.25, -0.2) is 13.8 Å². The van der Waals surface area contributed by atoms with Crippen molar-refractivity contribution < 1.29 is 4.39 Å². The number of hydrogen-bond acceptors (Lipinski definition) is 3. The molecular formula is C12H7FN2O2S. The summed E-state index contributed by atoms with van der Waals surface area (Å²) >= 11 is 1.27. The molecule has 0 fully saturated rings. The SMILES string of the molecule is O=c1[nH]c2ccc(F)cc2c(=O)n1-c1cccs1. The maximum atomic E-state index is 13.2. The first-order valence-electron chi connectivity index (χ1n) is 5.15. The Morgan fingerprint density at radius 1 is 1.22 bits per heavy atom. The largest absolute Gasteiger partial charge is 0.334 e. The molecule has 0 aliphatic heterocycles. The lowest BCUT2D eigenvalue weighted by atomic mass is 10.2. The van der Waals surface area contributed by atoms with Crippen molar-refractivity contribution >= 4 is 22.2 Å². The number of nitrogens with zero attached hydrogens (tertiary/aromatic N) is 1. The molecule has 0 bridgehead atoms. The molecule has 0 spiro atoms. The lowest BCUT2D eigenvalue weighted by Gasteiger charge is -2.03. The molecule has 90 valence electrons. The highest BCUT2D eigenvalue weighted by atomic mass is 32.1. The molecule has 3 aromatic rings. The summed E-state index contributed by atoms with van der Waals surface area (Å²) in [6.07, 6.45) is 0. The highest BCUT2D eigenvalue weighted by molar-refractivity contribution is 7.12. The number of aromatic nitrogens is 2. The first-order valence-corrected chi connectivity index (χ1v) is 6.03. The zero-order valence-electron chi connectivity index (χ0n) is 9.01. The van der Waals surface area contributed by atoms with Crippen molar-refractivity contribution in [3.8, 4) is 5.00 Å². The van der Waals surface area contributed by atoms with E-state index in [9.17, 15) is 14.0 Å². The third kappa shape index (κ3) is 1.58. The number of H-pyrrole nitrogens is 1. The fraction of sp³-hybridized carbons (Fsp3) is 0. The van der Waals surface area contributed by atoms with E-state index in [2.05, 4.69) is 4.98 Å². The van der Waals surface area contributed by atoms with Crippen LogP contribution in [0.5, 0.6) is 0 Å². The van der Waals surface area contributed by atoms with Crippen molar-refractivity contribution in [3.05, 3.63) is 62.4 Å². The Balaban J connectivity index is 2.48. The molecule has 0 amide bonds. The van der Waals surface area contributed by atoms with E-state index < -0.39 is 17.1 Å². The molecule has 1 N–H and O–H groups in total. The van der Waals surface area contributed by atoms with Gasteiger partial charge in [0.2, 0.25) is 0 Å². The molecule has 0 atom stereocenters. The van der Waals surface area contributed by atoms with Gasteiger partial charge in [-0.3, -0.25) is 4.79 Å². The number of nitrogens with one attached hydrogen (secondary N) is 1. The number of halogens is 1. The summed E-state index contributed by atoms with van der Waals surface area (Å²) in [5, 5.41) is 2.42. The van der Waals surface area contributed by atoms with E-state index in [0.29, 0.717) is 10.5 Å². The normalized spacial score (nSPS) is 10.9. The number of fused-ring (bicyclic) bond motifs is 1. The molecule has 0 radical (unpaired) electrons. The van der Waals surface area contributed by atoms with E-state index in [1.54, 1.807) is 17.5 Å². The zero-order chi connectivity index (χ0) is 12.7. The summed E-state index contributed by atoms with van der Waals surface area (Å²) in [5.41, 5.74) is -0.712. The monoisotopic (exact) mass is 262 g/mol. The average Bonchev–Trinajstić information content (AvgIpc) is 2.84. The Morgan fingerprint density at radius 2 is 2.06 bits per heavy atom. The fourth-order valence-electron chi connectivity index (χ4n) is 1.78. The minimum absolute atomic E-state index is 0.156. The summed E-state index contributed by atoms with van der Waals surface area (Å²) in [6, 6.07) is 7.10. The van der Waals surface area contributed by atoms with Gasteiger partial charge >= 0.3 is 5.69 Å². The van der Waals surface area contributed by atoms with Crippen LogP contribution in [0.3, 0.4) is 0 Å². The molecule has 3 rings (SSSR count). The van der Waals surface area contributed by atoms with E-state index in [0.717, 1.165) is 10.6 Å². The van der Waals surface area contributed by atoms with Crippen molar-refractivity contribution in [2.45, 2.75) is 0 Å². The van der Waals surface area contributed by atoms with Crippen LogP contribution < -0.4 is 11.2 Å². The maximum absolute atomic E-state index is 13.2. The lowest BCUT2D eigenvalue weighted by molar-refractivity contribution is 0.629. The molecule has 6 heteroatoms. The van der Waals surface area contributed by atoms with Gasteiger partial charge in [-0.05, 0) is 35.7 Å². The van der Waals surface area contributed by atoms with Gasteiger partial charge in [0.15, 0.2) is 0 Å². The molecule has 18 heavy (non-hydrogen) atoms. The van der Waals surface area contributed by atoms with Crippen LogP contribution in [0.1, 0.15) is 0 Å². The van der Waals surface area contributed by atoms with Crippen LogP contribution in [-0.4, -0.2) is 9.55 Å². The quantitative estimate of drug-likeness (QED) is 0.728. The first kappa shape index (κ1) is 10.9. The third-order valence-corrected chi connectivity index (χ3v) is 3.44. The van der Waals surface area contributed by atoms with Crippen LogP contribution in [0, 0.1) is 5.82 Å². The Hall–Kier alpha value is -2.21. The second kappa shape index (κ2) is 3.92. The molecule has 1 aromatic carbocycles. The Morgan fingerprint density at radius 3 is 2.78 bits per heavy atom. The highest BCUT2D eigenvalue weighted by Crippen LogP contribution is 2.13. The van der Waals surface area contributed by atoms with E-state index >= 15 is 0 Å². The Labute approximate surface area is 104 Å². The van der Waals surface area contributed by atoms with Gasteiger partial charge < -0.3 is 4.98 Å². The second-order valence-corrected chi connectivity index (χ2v) is 4.64. The van der Waals surface area contributed by atoms with E-state index in [4.69, 9.17) is 0 Å². The molecule has 0 saturated heterocycles. The predicted octanol–water partition coefficient (Wildman–Crippen LogP) is 1.88. The van der Waals surface area contributed by atoms with Gasteiger partial charge in [-0.2, -0.15) is 0 Å². The fourth-order valence-corrected chi connectivity index (χ4v) is 2.51. The van der Waals surface area contributed by atoms with Crippen molar-refractivity contribution in [1.82, 2.24) is 9.55 Å². The predicted molar refractivity (Wildman–Crippen MR) is 68.0 cm³/mol. The van der Waals surface area contributed by atoms with Crippen molar-refractivity contribution in [1.29, 1.82) is 0 Å². The number of benzene rings is 1. The number of aromatic amines is 1. The molecule has 2 aromatic heterocycles. The van der Waals surface area contributed by atoms with Gasteiger partial charge in [-0.15, -0.1) is 11.3 Å². The third-order valence-electron chi connectivity index (χ3n) is 2.59. The van der Waals surface area contributed by atoms with Crippen LogP contribution in [0.4, 0.5) is 4.39 Å². The molecule has 4 nitrogen and oxygen atoms in total. The Kier molecular flexibility index (Phi) is 2.38. The Bertz CT molecular complexity index is 833. The van der Waals surface area contributed by atoms with Gasteiger partial charge in [0.05, 0.1) is 10.9 Å². The standard InChI is InChI=1S/C12H7FN2O2S/c13-7-3-4-9-8(6-7)11(16)15(12(17)14-9)10-2-1-5-18-10/h1-6H,(H,14,17). The van der Waals surface area contributed by atoms with Crippen molar-refractivity contribution in [2.75, 3.05) is 0 Å². The van der Waals surface area contributed by atoms with Gasteiger partial charge in [-0.1, -0.05) is 0 Å². The molecular weight excluding hydrogens is 255 g/mol. The number of rotatable bonds is 1. The smallest absolute Gasteiger partial charge is 0.306 e. The minimum atomic E-state index is -0.526. The van der Waals surface area contributed by atoms with Crippen LogP contribution in [0.2, 0.25) is 0 Å². The van der Waals surface area contributed by atoms with Gasteiger partial charge in [0, 0.05) is 0 Å². The summed E-state index contributed by atoms with van der Waals surface area (Å²) < 4.78 is 14.2. The second-order valence-electron chi connectivity index (χ2n) is 3.71. The number of thiophene rings is 1. The summed E-state index contributed by atoms with van der Waals surface area (Å²) in [5.74, 6) is -0.510. The van der Waals surface area contributed by atoms with E-state index in [-0.39, 0.29) is 5.39 Å². The van der Waals surface area contributed by atoms with E-state index in [1.807, 2.05) is 0 Å². The zero-order valence-corrected chi connectivity index (χ0v) is 9.83. The summed E-state index contributed by atoms with van der Waals surface area (Å²) in [4.78, 5) is 26.6. The van der Waals surface area contributed by atoms with Crippen LogP contribution in [-0.2, 0) is 0 Å². The summed E-state index contributed by atoms with van der Waals surface area (Å²) in [7, 11) is 0. The first-order chi connectivity index (χ1) is 8.66. The molecule has 0 aliphatic carbocycles.